The Bertz CT molecular complexity index is 746. The lowest BCUT2D eigenvalue weighted by Gasteiger charge is -2.29. The molecule has 4 nitrogen and oxygen atoms in total. The number of carbonyl (C=O) groups excluding carboxylic acids is 1. The summed E-state index contributed by atoms with van der Waals surface area (Å²) in [5, 5.41) is 0. The lowest BCUT2D eigenvalue weighted by molar-refractivity contribution is 0.0717. The Balaban J connectivity index is 1.70. The van der Waals surface area contributed by atoms with Crippen molar-refractivity contribution >= 4 is 5.91 Å². The third-order valence-corrected chi connectivity index (χ3v) is 3.95. The van der Waals surface area contributed by atoms with Crippen molar-refractivity contribution in [3.63, 3.8) is 0 Å². The number of benzene rings is 1. The molecule has 0 saturated heterocycles. The van der Waals surface area contributed by atoms with Gasteiger partial charge in [-0.05, 0) is 29.7 Å². The van der Waals surface area contributed by atoms with Crippen molar-refractivity contribution in [3.05, 3.63) is 59.0 Å². The molecule has 0 fully saturated rings. The molecule has 0 radical (unpaired) electrons. The van der Waals surface area contributed by atoms with E-state index in [4.69, 9.17) is 4.74 Å². The maximum absolute atomic E-state index is 13.2. The van der Waals surface area contributed by atoms with Gasteiger partial charge in [-0.15, -0.1) is 0 Å². The number of halogens is 1. The summed E-state index contributed by atoms with van der Waals surface area (Å²) in [5.41, 5.74) is 2.17. The zero-order chi connectivity index (χ0) is 17.1. The van der Waals surface area contributed by atoms with Gasteiger partial charge in [0.25, 0.3) is 5.91 Å². The number of fused-ring (bicyclic) bond motifs is 1. The van der Waals surface area contributed by atoms with E-state index in [1.807, 2.05) is 4.90 Å². The Kier molecular flexibility index (Phi) is 4.79. The van der Waals surface area contributed by atoms with Crippen LogP contribution in [0.2, 0.25) is 0 Å². The lowest BCUT2D eigenvalue weighted by atomic mass is 10.0. The number of carbonyl (C=O) groups is 1. The van der Waals surface area contributed by atoms with Crippen LogP contribution in [0.25, 0.3) is 0 Å². The van der Waals surface area contributed by atoms with E-state index in [1.54, 1.807) is 24.3 Å². The largest absolute Gasteiger partial charge is 0.473 e. The molecule has 1 aliphatic heterocycles. The van der Waals surface area contributed by atoms with E-state index in [0.29, 0.717) is 23.9 Å². The molecule has 24 heavy (non-hydrogen) atoms. The SMILES string of the molecule is CC(C)CN1CCc2nc(OCc3cccc(F)c3)ccc2C1=O. The second-order valence-electron chi connectivity index (χ2n) is 6.46. The zero-order valence-corrected chi connectivity index (χ0v) is 14.0. The molecule has 1 aromatic heterocycles. The number of ether oxygens (including phenoxy) is 1. The predicted molar refractivity (Wildman–Crippen MR) is 89.4 cm³/mol. The van der Waals surface area contributed by atoms with Gasteiger partial charge in [-0.2, -0.15) is 0 Å². The highest BCUT2D eigenvalue weighted by atomic mass is 19.1. The third-order valence-electron chi connectivity index (χ3n) is 3.95. The van der Waals surface area contributed by atoms with Crippen molar-refractivity contribution in [1.82, 2.24) is 9.88 Å². The van der Waals surface area contributed by atoms with E-state index in [0.717, 1.165) is 24.2 Å². The van der Waals surface area contributed by atoms with E-state index in [-0.39, 0.29) is 18.3 Å². The van der Waals surface area contributed by atoms with Crippen LogP contribution in [0.5, 0.6) is 5.88 Å². The zero-order valence-electron chi connectivity index (χ0n) is 14.0. The molecule has 0 spiro atoms. The van der Waals surface area contributed by atoms with Gasteiger partial charge in [0.1, 0.15) is 12.4 Å². The highest BCUT2D eigenvalue weighted by molar-refractivity contribution is 5.96. The molecule has 2 aromatic rings. The van der Waals surface area contributed by atoms with E-state index >= 15 is 0 Å². The van der Waals surface area contributed by atoms with Gasteiger partial charge in [0, 0.05) is 25.6 Å². The molecule has 1 aliphatic rings. The first kappa shape index (κ1) is 16.4. The topological polar surface area (TPSA) is 42.4 Å². The van der Waals surface area contributed by atoms with Crippen molar-refractivity contribution < 1.29 is 13.9 Å². The van der Waals surface area contributed by atoms with E-state index in [1.165, 1.54) is 12.1 Å². The average Bonchev–Trinajstić information content (AvgIpc) is 2.55. The summed E-state index contributed by atoms with van der Waals surface area (Å²) in [7, 11) is 0. The number of rotatable bonds is 5. The molecule has 2 heterocycles. The monoisotopic (exact) mass is 328 g/mol. The first-order valence-electron chi connectivity index (χ1n) is 8.19. The van der Waals surface area contributed by atoms with E-state index in [2.05, 4.69) is 18.8 Å². The third kappa shape index (κ3) is 3.72. The summed E-state index contributed by atoms with van der Waals surface area (Å²) in [4.78, 5) is 18.8. The maximum Gasteiger partial charge on any atom is 0.255 e. The van der Waals surface area contributed by atoms with Gasteiger partial charge in [-0.1, -0.05) is 26.0 Å². The second kappa shape index (κ2) is 6.99. The van der Waals surface area contributed by atoms with Crippen LogP contribution in [-0.4, -0.2) is 28.9 Å². The number of hydrogen-bond acceptors (Lipinski definition) is 3. The average molecular weight is 328 g/mol. The van der Waals surface area contributed by atoms with E-state index < -0.39 is 0 Å². The molecule has 0 N–H and O–H groups in total. The summed E-state index contributed by atoms with van der Waals surface area (Å²) >= 11 is 0. The molecular weight excluding hydrogens is 307 g/mol. The number of hydrogen-bond donors (Lipinski definition) is 0. The molecule has 3 rings (SSSR count). The Morgan fingerprint density at radius 3 is 2.88 bits per heavy atom. The standard InChI is InChI=1S/C19H21FN2O2/c1-13(2)11-22-9-8-17-16(19(22)23)6-7-18(21-17)24-12-14-4-3-5-15(20)10-14/h3-7,10,13H,8-9,11-12H2,1-2H3. The molecule has 1 aromatic carbocycles. The molecule has 5 heteroatoms. The van der Waals surface area contributed by atoms with Crippen molar-refractivity contribution in [3.8, 4) is 5.88 Å². The Labute approximate surface area is 141 Å². The highest BCUT2D eigenvalue weighted by Crippen LogP contribution is 2.21. The summed E-state index contributed by atoms with van der Waals surface area (Å²) in [6.45, 7) is 5.90. The highest BCUT2D eigenvalue weighted by Gasteiger charge is 2.26. The number of amides is 1. The summed E-state index contributed by atoms with van der Waals surface area (Å²) in [6.07, 6.45) is 0.727. The molecule has 0 bridgehead atoms. The fourth-order valence-electron chi connectivity index (χ4n) is 2.86. The van der Waals surface area contributed by atoms with Gasteiger partial charge in [0.15, 0.2) is 0 Å². The van der Waals surface area contributed by atoms with Crippen LogP contribution in [0.1, 0.15) is 35.5 Å². The molecule has 0 unspecified atom stereocenters. The van der Waals surface area contributed by atoms with Crippen LogP contribution in [0.4, 0.5) is 4.39 Å². The van der Waals surface area contributed by atoms with Crippen LogP contribution in [0, 0.1) is 11.7 Å². The van der Waals surface area contributed by atoms with Crippen LogP contribution >= 0.6 is 0 Å². The first-order chi connectivity index (χ1) is 11.5. The Hall–Kier alpha value is -2.43. The minimum atomic E-state index is -0.287. The van der Waals surface area contributed by atoms with Crippen molar-refractivity contribution in [2.45, 2.75) is 26.9 Å². The van der Waals surface area contributed by atoms with Gasteiger partial charge in [-0.25, -0.2) is 9.37 Å². The summed E-state index contributed by atoms with van der Waals surface area (Å²) in [6, 6.07) is 9.76. The number of nitrogens with zero attached hydrogens (tertiary/aromatic N) is 2. The quantitative estimate of drug-likeness (QED) is 0.844. The van der Waals surface area contributed by atoms with Crippen LogP contribution in [-0.2, 0) is 13.0 Å². The van der Waals surface area contributed by atoms with Gasteiger partial charge in [0.05, 0.1) is 11.3 Å². The number of pyridine rings is 1. The molecule has 0 atom stereocenters. The Morgan fingerprint density at radius 1 is 1.29 bits per heavy atom. The maximum atomic E-state index is 13.2. The van der Waals surface area contributed by atoms with Crippen LogP contribution in [0.15, 0.2) is 36.4 Å². The lowest BCUT2D eigenvalue weighted by Crippen LogP contribution is -2.40. The van der Waals surface area contributed by atoms with E-state index in [9.17, 15) is 9.18 Å². The molecule has 0 aliphatic carbocycles. The van der Waals surface area contributed by atoms with Crippen molar-refractivity contribution in [2.75, 3.05) is 13.1 Å². The van der Waals surface area contributed by atoms with Gasteiger partial charge in [-0.3, -0.25) is 4.79 Å². The van der Waals surface area contributed by atoms with Crippen LogP contribution in [0.3, 0.4) is 0 Å². The fourth-order valence-corrected chi connectivity index (χ4v) is 2.86. The van der Waals surface area contributed by atoms with Gasteiger partial charge < -0.3 is 9.64 Å². The predicted octanol–water partition coefficient (Wildman–Crippen LogP) is 3.45. The van der Waals surface area contributed by atoms with Crippen molar-refractivity contribution in [2.24, 2.45) is 5.92 Å². The second-order valence-corrected chi connectivity index (χ2v) is 6.46. The van der Waals surface area contributed by atoms with Crippen LogP contribution < -0.4 is 4.74 Å². The van der Waals surface area contributed by atoms with Gasteiger partial charge >= 0.3 is 0 Å². The molecular formula is C19H21FN2O2. The number of aromatic nitrogens is 1. The minimum absolute atomic E-state index is 0.0362. The fraction of sp³-hybridized carbons (Fsp3) is 0.368. The summed E-state index contributed by atoms with van der Waals surface area (Å²) in [5.74, 6) is 0.653. The van der Waals surface area contributed by atoms with Gasteiger partial charge in [0.2, 0.25) is 5.88 Å². The summed E-state index contributed by atoms with van der Waals surface area (Å²) < 4.78 is 18.8. The molecule has 1 amide bonds. The normalized spacial score (nSPS) is 14.0. The molecule has 126 valence electrons. The minimum Gasteiger partial charge on any atom is -0.473 e. The Morgan fingerprint density at radius 2 is 2.12 bits per heavy atom. The smallest absolute Gasteiger partial charge is 0.255 e. The first-order valence-corrected chi connectivity index (χ1v) is 8.19. The van der Waals surface area contributed by atoms with Crippen molar-refractivity contribution in [1.29, 1.82) is 0 Å². The molecule has 0 saturated carbocycles.